The smallest absolute Gasteiger partial charge is 0.193 e. The lowest BCUT2D eigenvalue weighted by atomic mass is 10.2. The lowest BCUT2D eigenvalue weighted by Crippen LogP contribution is -2.01. The fourth-order valence-electron chi connectivity index (χ4n) is 1.21. The highest BCUT2D eigenvalue weighted by Crippen LogP contribution is 2.17. The van der Waals surface area contributed by atoms with E-state index in [9.17, 15) is 4.79 Å². The van der Waals surface area contributed by atoms with Crippen LogP contribution >= 0.6 is 27.3 Å². The fourth-order valence-corrected chi connectivity index (χ4v) is 2.29. The first-order chi connectivity index (χ1) is 7.75. The average molecular weight is 298 g/mol. The number of aromatic nitrogens is 3. The molecule has 0 radical (unpaired) electrons. The molecule has 0 atom stereocenters. The molecule has 2 aromatic heterocycles. The van der Waals surface area contributed by atoms with E-state index in [1.54, 1.807) is 6.20 Å². The predicted molar refractivity (Wildman–Crippen MR) is 64.5 cm³/mol. The van der Waals surface area contributed by atoms with Crippen molar-refractivity contribution >= 4 is 33.0 Å². The van der Waals surface area contributed by atoms with Crippen LogP contribution in [0, 0.1) is 0 Å². The minimum atomic E-state index is 0.00820. The molecule has 0 bridgehead atoms. The van der Waals surface area contributed by atoms with Crippen LogP contribution < -0.4 is 0 Å². The molecule has 0 saturated carbocycles. The van der Waals surface area contributed by atoms with E-state index in [0.717, 1.165) is 5.69 Å². The Bertz CT molecular complexity index is 486. The van der Waals surface area contributed by atoms with Crippen molar-refractivity contribution in [3.63, 3.8) is 0 Å². The summed E-state index contributed by atoms with van der Waals surface area (Å²) in [6, 6.07) is 5.67. The quantitative estimate of drug-likeness (QED) is 0.814. The number of rotatable bonds is 4. The molecular formula is C10H8BrN3OS. The first kappa shape index (κ1) is 11.3. The zero-order chi connectivity index (χ0) is 11.4. The van der Waals surface area contributed by atoms with Gasteiger partial charge in [0.2, 0.25) is 0 Å². The SMILES string of the molecule is O=C(CCc1ccccn1)c1nnc(Br)s1. The van der Waals surface area contributed by atoms with Gasteiger partial charge < -0.3 is 0 Å². The van der Waals surface area contributed by atoms with Crippen molar-refractivity contribution in [2.24, 2.45) is 0 Å². The maximum absolute atomic E-state index is 11.7. The average Bonchev–Trinajstić information content (AvgIpc) is 2.74. The molecule has 0 aliphatic heterocycles. The van der Waals surface area contributed by atoms with E-state index in [4.69, 9.17) is 0 Å². The molecule has 6 heteroatoms. The van der Waals surface area contributed by atoms with Crippen LogP contribution in [0.3, 0.4) is 0 Å². The van der Waals surface area contributed by atoms with Crippen LogP contribution in [0.1, 0.15) is 21.9 Å². The first-order valence-electron chi connectivity index (χ1n) is 4.68. The molecule has 0 fully saturated rings. The molecule has 0 aliphatic rings. The number of carbonyl (C=O) groups is 1. The van der Waals surface area contributed by atoms with Gasteiger partial charge >= 0.3 is 0 Å². The van der Waals surface area contributed by atoms with Gasteiger partial charge in [0.15, 0.2) is 14.7 Å². The van der Waals surface area contributed by atoms with E-state index in [1.165, 1.54) is 11.3 Å². The van der Waals surface area contributed by atoms with E-state index < -0.39 is 0 Å². The van der Waals surface area contributed by atoms with Gasteiger partial charge in [0.05, 0.1) is 0 Å². The summed E-state index contributed by atoms with van der Waals surface area (Å²) in [6.45, 7) is 0. The van der Waals surface area contributed by atoms with Crippen LogP contribution in [0.25, 0.3) is 0 Å². The second-order valence-electron chi connectivity index (χ2n) is 3.10. The van der Waals surface area contributed by atoms with Crippen molar-refractivity contribution in [1.82, 2.24) is 15.2 Å². The Kier molecular flexibility index (Phi) is 3.74. The highest BCUT2D eigenvalue weighted by molar-refractivity contribution is 9.11. The van der Waals surface area contributed by atoms with Gasteiger partial charge in [-0.1, -0.05) is 17.4 Å². The summed E-state index contributed by atoms with van der Waals surface area (Å²) < 4.78 is 0.633. The summed E-state index contributed by atoms with van der Waals surface area (Å²) in [4.78, 5) is 15.8. The summed E-state index contributed by atoms with van der Waals surface area (Å²) in [6.07, 6.45) is 2.77. The van der Waals surface area contributed by atoms with Gasteiger partial charge in [-0.15, -0.1) is 10.2 Å². The van der Waals surface area contributed by atoms with Crippen molar-refractivity contribution in [3.05, 3.63) is 39.0 Å². The lowest BCUT2D eigenvalue weighted by molar-refractivity contribution is 0.0981. The van der Waals surface area contributed by atoms with Crippen molar-refractivity contribution < 1.29 is 4.79 Å². The van der Waals surface area contributed by atoms with Gasteiger partial charge in [0.1, 0.15) is 0 Å². The monoisotopic (exact) mass is 297 g/mol. The number of pyridine rings is 1. The summed E-state index contributed by atoms with van der Waals surface area (Å²) in [5, 5.41) is 7.97. The highest BCUT2D eigenvalue weighted by atomic mass is 79.9. The molecule has 0 saturated heterocycles. The number of hydrogen-bond acceptors (Lipinski definition) is 5. The Balaban J connectivity index is 1.94. The topological polar surface area (TPSA) is 55.7 Å². The van der Waals surface area contributed by atoms with Gasteiger partial charge in [-0.3, -0.25) is 9.78 Å². The third kappa shape index (κ3) is 2.93. The standard InChI is InChI=1S/C10H8BrN3OS/c11-10-14-13-9(16-10)8(15)5-4-7-3-1-2-6-12-7/h1-3,6H,4-5H2. The van der Waals surface area contributed by atoms with Gasteiger partial charge in [0.25, 0.3) is 0 Å². The number of Topliss-reactive ketones (excluding diaryl/α,β-unsaturated/α-hetero) is 1. The first-order valence-corrected chi connectivity index (χ1v) is 6.29. The maximum Gasteiger partial charge on any atom is 0.193 e. The molecule has 0 unspecified atom stereocenters. The number of carbonyl (C=O) groups excluding carboxylic acids is 1. The van der Waals surface area contributed by atoms with Crippen LogP contribution in [-0.4, -0.2) is 21.0 Å². The zero-order valence-corrected chi connectivity index (χ0v) is 10.7. The summed E-state index contributed by atoms with van der Waals surface area (Å²) in [5.74, 6) is 0.00820. The van der Waals surface area contributed by atoms with Crippen molar-refractivity contribution in [3.8, 4) is 0 Å². The molecule has 82 valence electrons. The summed E-state index contributed by atoms with van der Waals surface area (Å²) in [5.41, 5.74) is 0.916. The third-order valence-corrected chi connectivity index (χ3v) is 3.37. The van der Waals surface area contributed by atoms with Crippen molar-refractivity contribution in [1.29, 1.82) is 0 Å². The van der Waals surface area contributed by atoms with Gasteiger partial charge in [0, 0.05) is 18.3 Å². The molecule has 0 N–H and O–H groups in total. The van der Waals surface area contributed by atoms with Gasteiger partial charge in [-0.25, -0.2) is 0 Å². The van der Waals surface area contributed by atoms with E-state index in [-0.39, 0.29) is 5.78 Å². The minimum Gasteiger partial charge on any atom is -0.291 e. The Labute approximate surface area is 105 Å². The number of ketones is 1. The van der Waals surface area contributed by atoms with E-state index in [0.29, 0.717) is 21.8 Å². The Hall–Kier alpha value is -1.14. The Morgan fingerprint density at radius 2 is 2.25 bits per heavy atom. The van der Waals surface area contributed by atoms with Crippen LogP contribution in [0.2, 0.25) is 0 Å². The summed E-state index contributed by atoms with van der Waals surface area (Å²) >= 11 is 4.43. The van der Waals surface area contributed by atoms with Crippen molar-refractivity contribution in [2.75, 3.05) is 0 Å². The number of nitrogens with zero attached hydrogens (tertiary/aromatic N) is 3. The molecule has 0 spiro atoms. The van der Waals surface area contributed by atoms with Gasteiger partial charge in [-0.2, -0.15) is 0 Å². The lowest BCUT2D eigenvalue weighted by Gasteiger charge is -1.97. The number of halogens is 1. The number of aryl methyl sites for hydroxylation is 1. The van der Waals surface area contributed by atoms with E-state index in [1.807, 2.05) is 18.2 Å². The third-order valence-electron chi connectivity index (χ3n) is 1.97. The minimum absolute atomic E-state index is 0.00820. The maximum atomic E-state index is 11.7. The Morgan fingerprint density at radius 1 is 1.38 bits per heavy atom. The van der Waals surface area contributed by atoms with Crippen LogP contribution in [0.5, 0.6) is 0 Å². The molecule has 16 heavy (non-hydrogen) atoms. The molecule has 0 aliphatic carbocycles. The molecular weight excluding hydrogens is 290 g/mol. The second kappa shape index (κ2) is 5.27. The van der Waals surface area contributed by atoms with Gasteiger partial charge in [-0.05, 0) is 34.5 Å². The molecule has 2 rings (SSSR count). The molecule has 0 amide bonds. The number of hydrogen-bond donors (Lipinski definition) is 0. The normalized spacial score (nSPS) is 10.3. The van der Waals surface area contributed by atoms with Crippen LogP contribution in [0.4, 0.5) is 0 Å². The van der Waals surface area contributed by atoms with Crippen molar-refractivity contribution in [2.45, 2.75) is 12.8 Å². The molecule has 2 aromatic rings. The molecule has 0 aromatic carbocycles. The van der Waals surface area contributed by atoms with E-state index >= 15 is 0 Å². The molecule has 2 heterocycles. The second-order valence-corrected chi connectivity index (χ2v) is 5.36. The largest absolute Gasteiger partial charge is 0.291 e. The zero-order valence-electron chi connectivity index (χ0n) is 8.26. The Morgan fingerprint density at radius 3 is 2.88 bits per heavy atom. The predicted octanol–water partition coefficient (Wildman–Crippen LogP) is 2.51. The van der Waals surface area contributed by atoms with Crippen LogP contribution in [-0.2, 0) is 6.42 Å². The summed E-state index contributed by atoms with van der Waals surface area (Å²) in [7, 11) is 0. The molecule has 4 nitrogen and oxygen atoms in total. The van der Waals surface area contributed by atoms with Crippen LogP contribution in [0.15, 0.2) is 28.3 Å². The fraction of sp³-hybridized carbons (Fsp3) is 0.200. The van der Waals surface area contributed by atoms with E-state index in [2.05, 4.69) is 31.1 Å². The highest BCUT2D eigenvalue weighted by Gasteiger charge is 2.11.